The minimum atomic E-state index is -0.363. The Bertz CT molecular complexity index is 1090. The molecule has 1 aromatic carbocycles. The highest BCUT2D eigenvalue weighted by Gasteiger charge is 2.61. The predicted molar refractivity (Wildman–Crippen MR) is 123 cm³/mol. The molecule has 7 atom stereocenters. The number of amides is 1. The van der Waals surface area contributed by atoms with Crippen LogP contribution in [-0.2, 0) is 4.79 Å². The van der Waals surface area contributed by atoms with Crippen LogP contribution in [0.1, 0.15) is 64.2 Å². The zero-order valence-electron chi connectivity index (χ0n) is 18.9. The van der Waals surface area contributed by atoms with E-state index in [9.17, 15) is 9.18 Å². The van der Waals surface area contributed by atoms with Crippen LogP contribution in [0.15, 0.2) is 42.7 Å². The van der Waals surface area contributed by atoms with Crippen molar-refractivity contribution in [1.29, 1.82) is 0 Å². The van der Waals surface area contributed by atoms with Crippen molar-refractivity contribution in [1.82, 2.24) is 9.55 Å². The summed E-state index contributed by atoms with van der Waals surface area (Å²) in [5.41, 5.74) is 0.443. The molecule has 3 aliphatic carbocycles. The molecule has 4 aliphatic rings. The maximum atomic E-state index is 14.1. The number of nitrogens with one attached hydrogen (secondary N) is 1. The van der Waals surface area contributed by atoms with Crippen molar-refractivity contribution >= 4 is 17.7 Å². The minimum Gasteiger partial charge on any atom is -0.328 e. The summed E-state index contributed by atoms with van der Waals surface area (Å²) in [5.74, 6) is 2.53. The monoisotopic (exact) mass is 433 g/mol. The number of allylic oxidation sites excluding steroid dienone is 1. The molecule has 1 aromatic heterocycles. The molecule has 1 amide bonds. The third-order valence-corrected chi connectivity index (χ3v) is 9.80. The van der Waals surface area contributed by atoms with E-state index in [1.165, 1.54) is 18.9 Å². The van der Waals surface area contributed by atoms with Crippen LogP contribution in [0.5, 0.6) is 0 Å². The lowest BCUT2D eigenvalue weighted by Gasteiger charge is -2.59. The van der Waals surface area contributed by atoms with Gasteiger partial charge in [0.15, 0.2) is 0 Å². The highest BCUT2D eigenvalue weighted by Crippen LogP contribution is 2.67. The molecular formula is C27H32FN3O. The second-order valence-corrected chi connectivity index (χ2v) is 11.0. The van der Waals surface area contributed by atoms with E-state index in [2.05, 4.69) is 47.1 Å². The van der Waals surface area contributed by atoms with Crippen molar-refractivity contribution in [3.8, 4) is 0 Å². The lowest BCUT2D eigenvalue weighted by molar-refractivity contribution is -0.128. The van der Waals surface area contributed by atoms with E-state index in [-0.39, 0.29) is 28.5 Å². The van der Waals surface area contributed by atoms with Gasteiger partial charge in [-0.2, -0.15) is 0 Å². The summed E-state index contributed by atoms with van der Waals surface area (Å²) in [5, 5.41) is 2.91. The Hall–Kier alpha value is -2.43. The molecule has 168 valence electrons. The summed E-state index contributed by atoms with van der Waals surface area (Å²) in [6.45, 7) is 4.79. The Kier molecular flexibility index (Phi) is 4.44. The van der Waals surface area contributed by atoms with Crippen LogP contribution in [0.25, 0.3) is 6.08 Å². The van der Waals surface area contributed by atoms with Gasteiger partial charge < -0.3 is 9.88 Å². The number of aromatic nitrogens is 2. The normalized spacial score (nSPS) is 39.5. The standard InChI is InChI=1S/C27H32FN3O/c1-26-13-11-19-17(7-10-23-27(19,2)14-12-24-29-15-16-31(23)24)18(26)8-9-20(26)25(32)30-22-6-4-3-5-21(22)28/h3-6,12,14-20,23H,7-11,13H2,1-2H3,(H,30,32)/t17-,18-,19-,20+,23?,26-,27+/m0/s1. The van der Waals surface area contributed by atoms with Gasteiger partial charge in [0, 0.05) is 29.8 Å². The van der Waals surface area contributed by atoms with Gasteiger partial charge in [-0.15, -0.1) is 0 Å². The summed E-state index contributed by atoms with van der Waals surface area (Å²) in [6.07, 6.45) is 15.4. The number of fused-ring (bicyclic) bond motifs is 7. The molecule has 32 heavy (non-hydrogen) atoms. The minimum absolute atomic E-state index is 0.000864. The third kappa shape index (κ3) is 2.72. The molecule has 1 N–H and O–H groups in total. The Balaban J connectivity index is 1.26. The van der Waals surface area contributed by atoms with Crippen molar-refractivity contribution in [3.05, 3.63) is 54.4 Å². The molecule has 0 spiro atoms. The van der Waals surface area contributed by atoms with Crippen LogP contribution in [0.3, 0.4) is 0 Å². The van der Waals surface area contributed by atoms with E-state index in [4.69, 9.17) is 0 Å². The lowest BCUT2D eigenvalue weighted by Crippen LogP contribution is -2.53. The average Bonchev–Trinajstić information content (AvgIpc) is 3.39. The van der Waals surface area contributed by atoms with E-state index in [1.807, 2.05) is 6.20 Å². The molecule has 3 fully saturated rings. The molecule has 1 aliphatic heterocycles. The molecule has 3 saturated carbocycles. The molecule has 4 nitrogen and oxygen atoms in total. The SMILES string of the molecule is C[C@]12CC[C@H]3[C@@H](CCC4n5ccnc5C=C[C@@]43C)[C@@H]1CC[C@@H]2C(=O)Nc1ccccc1F. The molecule has 0 saturated heterocycles. The topological polar surface area (TPSA) is 46.9 Å². The fourth-order valence-corrected chi connectivity index (χ4v) is 8.23. The van der Waals surface area contributed by atoms with Gasteiger partial charge in [0.25, 0.3) is 0 Å². The highest BCUT2D eigenvalue weighted by molar-refractivity contribution is 5.93. The number of benzene rings is 1. The van der Waals surface area contributed by atoms with E-state index in [0.717, 1.165) is 31.5 Å². The smallest absolute Gasteiger partial charge is 0.228 e. The van der Waals surface area contributed by atoms with E-state index >= 15 is 0 Å². The lowest BCUT2D eigenvalue weighted by atomic mass is 9.48. The van der Waals surface area contributed by atoms with Gasteiger partial charge in [0.05, 0.1) is 5.69 Å². The fraction of sp³-hybridized carbons (Fsp3) is 0.556. The van der Waals surface area contributed by atoms with Crippen LogP contribution in [-0.4, -0.2) is 15.5 Å². The first kappa shape index (κ1) is 20.2. The van der Waals surface area contributed by atoms with Crippen molar-refractivity contribution in [2.75, 3.05) is 5.32 Å². The third-order valence-electron chi connectivity index (χ3n) is 9.80. The van der Waals surface area contributed by atoms with Gasteiger partial charge >= 0.3 is 0 Å². The van der Waals surface area contributed by atoms with Crippen molar-refractivity contribution < 1.29 is 9.18 Å². The molecule has 6 rings (SSSR count). The summed E-state index contributed by atoms with van der Waals surface area (Å²) >= 11 is 0. The van der Waals surface area contributed by atoms with Gasteiger partial charge in [-0.3, -0.25) is 4.79 Å². The van der Waals surface area contributed by atoms with Crippen LogP contribution in [0.2, 0.25) is 0 Å². The maximum Gasteiger partial charge on any atom is 0.228 e. The number of para-hydroxylation sites is 1. The number of anilines is 1. The number of hydrogen-bond donors (Lipinski definition) is 1. The number of rotatable bonds is 2. The Labute approximate surface area is 189 Å². The number of carbonyl (C=O) groups excluding carboxylic acids is 1. The number of imidazole rings is 1. The largest absolute Gasteiger partial charge is 0.328 e. The summed E-state index contributed by atoms with van der Waals surface area (Å²) in [6, 6.07) is 6.97. The first-order valence-corrected chi connectivity index (χ1v) is 12.2. The Morgan fingerprint density at radius 2 is 1.97 bits per heavy atom. The predicted octanol–water partition coefficient (Wildman–Crippen LogP) is 6.09. The second kappa shape index (κ2) is 7.03. The molecule has 2 aromatic rings. The number of nitrogens with zero attached hydrogens (tertiary/aromatic N) is 2. The van der Waals surface area contributed by atoms with Crippen molar-refractivity contribution in [2.24, 2.45) is 34.5 Å². The molecule has 5 heteroatoms. The van der Waals surface area contributed by atoms with E-state index in [1.54, 1.807) is 18.2 Å². The van der Waals surface area contributed by atoms with Gasteiger partial charge in [-0.05, 0) is 79.9 Å². The van der Waals surface area contributed by atoms with Crippen LogP contribution >= 0.6 is 0 Å². The van der Waals surface area contributed by atoms with Crippen LogP contribution in [0.4, 0.5) is 10.1 Å². The summed E-state index contributed by atoms with van der Waals surface area (Å²) in [4.78, 5) is 17.8. The van der Waals surface area contributed by atoms with Crippen LogP contribution in [0, 0.1) is 40.3 Å². The summed E-state index contributed by atoms with van der Waals surface area (Å²) < 4.78 is 16.5. The van der Waals surface area contributed by atoms with Gasteiger partial charge in [-0.1, -0.05) is 32.1 Å². The highest BCUT2D eigenvalue weighted by atomic mass is 19.1. The number of hydrogen-bond acceptors (Lipinski definition) is 2. The first-order chi connectivity index (χ1) is 15.4. The molecule has 1 unspecified atom stereocenters. The first-order valence-electron chi connectivity index (χ1n) is 12.2. The van der Waals surface area contributed by atoms with E-state index < -0.39 is 0 Å². The van der Waals surface area contributed by atoms with Gasteiger partial charge in [0.2, 0.25) is 5.91 Å². The van der Waals surface area contributed by atoms with Crippen LogP contribution < -0.4 is 5.32 Å². The van der Waals surface area contributed by atoms with Crippen molar-refractivity contribution in [3.63, 3.8) is 0 Å². The Morgan fingerprint density at radius 1 is 1.12 bits per heavy atom. The number of carbonyl (C=O) groups is 1. The van der Waals surface area contributed by atoms with Gasteiger partial charge in [-0.25, -0.2) is 9.37 Å². The number of halogens is 1. The maximum absolute atomic E-state index is 14.1. The van der Waals surface area contributed by atoms with Gasteiger partial charge in [0.1, 0.15) is 11.6 Å². The summed E-state index contributed by atoms with van der Waals surface area (Å²) in [7, 11) is 0. The second-order valence-electron chi connectivity index (χ2n) is 11.0. The average molecular weight is 434 g/mol. The Morgan fingerprint density at radius 3 is 2.81 bits per heavy atom. The fourth-order valence-electron chi connectivity index (χ4n) is 8.23. The van der Waals surface area contributed by atoms with Crippen molar-refractivity contribution in [2.45, 2.75) is 58.4 Å². The van der Waals surface area contributed by atoms with E-state index in [0.29, 0.717) is 29.5 Å². The molecular weight excluding hydrogens is 401 g/mol. The zero-order chi connectivity index (χ0) is 22.1. The quantitative estimate of drug-likeness (QED) is 0.623. The zero-order valence-corrected chi connectivity index (χ0v) is 18.9. The molecule has 0 radical (unpaired) electrons. The molecule has 2 heterocycles. The molecule has 0 bridgehead atoms.